The third-order valence-corrected chi connectivity index (χ3v) is 5.85. The third kappa shape index (κ3) is 5.79. The number of hydrogen-bond donors (Lipinski definition) is 4. The minimum Gasteiger partial charge on any atom is -0.481 e. The highest BCUT2D eigenvalue weighted by atomic mass is 16.4. The van der Waals surface area contributed by atoms with Crippen LogP contribution in [-0.4, -0.2) is 45.4 Å². The van der Waals surface area contributed by atoms with E-state index in [0.29, 0.717) is 19.3 Å². The van der Waals surface area contributed by atoms with Gasteiger partial charge in [0.2, 0.25) is 5.91 Å². The largest absolute Gasteiger partial charge is 0.481 e. The lowest BCUT2D eigenvalue weighted by Crippen LogP contribution is -2.54. The monoisotopic (exact) mass is 391 g/mol. The van der Waals surface area contributed by atoms with E-state index in [1.165, 1.54) is 0 Å². The maximum Gasteiger partial charge on any atom is 0.307 e. The van der Waals surface area contributed by atoms with Crippen molar-refractivity contribution in [1.29, 1.82) is 0 Å². The van der Waals surface area contributed by atoms with Crippen LogP contribution in [0.1, 0.15) is 45.6 Å². The molecule has 156 valence electrons. The SMILES string of the molecule is CC(C)C(C(=O)O)C(CCc1ccccc1)C(=O)N[C@@H]1C[C@H](O)CC(C)C1O. The molecule has 1 aliphatic carbocycles. The molecule has 0 bridgehead atoms. The van der Waals surface area contributed by atoms with Gasteiger partial charge in [0, 0.05) is 0 Å². The lowest BCUT2D eigenvalue weighted by Gasteiger charge is -2.37. The first-order valence-corrected chi connectivity index (χ1v) is 10.1. The van der Waals surface area contributed by atoms with Crippen molar-refractivity contribution >= 4 is 11.9 Å². The van der Waals surface area contributed by atoms with E-state index in [1.54, 1.807) is 0 Å². The van der Waals surface area contributed by atoms with E-state index in [9.17, 15) is 24.9 Å². The zero-order valence-electron chi connectivity index (χ0n) is 16.9. The molecule has 6 nitrogen and oxygen atoms in total. The maximum atomic E-state index is 13.1. The van der Waals surface area contributed by atoms with Gasteiger partial charge in [-0.1, -0.05) is 51.1 Å². The first-order chi connectivity index (χ1) is 13.2. The van der Waals surface area contributed by atoms with Crippen LogP contribution < -0.4 is 5.32 Å². The fourth-order valence-electron chi connectivity index (χ4n) is 4.29. The van der Waals surface area contributed by atoms with Gasteiger partial charge in [0.1, 0.15) is 0 Å². The minimum atomic E-state index is -0.985. The number of benzene rings is 1. The third-order valence-electron chi connectivity index (χ3n) is 5.85. The zero-order chi connectivity index (χ0) is 20.8. The lowest BCUT2D eigenvalue weighted by molar-refractivity contribution is -0.150. The van der Waals surface area contributed by atoms with Gasteiger partial charge in [-0.2, -0.15) is 0 Å². The standard InChI is InChI=1S/C22H33NO5/c1-13(2)19(22(27)28)17(10-9-15-7-5-4-6-8-15)21(26)23-18-12-16(24)11-14(3)20(18)25/h4-8,13-14,16-20,24-25H,9-12H2,1-3H3,(H,23,26)(H,27,28)/t14?,16-,17?,18-,19?,20?/m1/s1. The highest BCUT2D eigenvalue weighted by Crippen LogP contribution is 2.29. The molecule has 1 aromatic rings. The number of carbonyl (C=O) groups is 2. The molecular formula is C22H33NO5. The van der Waals surface area contributed by atoms with Crippen LogP contribution in [0.15, 0.2) is 30.3 Å². The van der Waals surface area contributed by atoms with E-state index in [-0.39, 0.29) is 24.2 Å². The molecule has 1 saturated carbocycles. The number of aliphatic hydroxyl groups is 2. The maximum absolute atomic E-state index is 13.1. The number of carbonyl (C=O) groups excluding carboxylic acids is 1. The number of amides is 1. The van der Waals surface area contributed by atoms with Crippen molar-refractivity contribution in [1.82, 2.24) is 5.32 Å². The molecule has 1 fully saturated rings. The van der Waals surface area contributed by atoms with Gasteiger partial charge in [0.05, 0.1) is 30.1 Å². The lowest BCUT2D eigenvalue weighted by atomic mass is 9.78. The molecule has 2 rings (SSSR count). The summed E-state index contributed by atoms with van der Waals surface area (Å²) in [6, 6.07) is 9.11. The topological polar surface area (TPSA) is 107 Å². The molecule has 1 amide bonds. The van der Waals surface area contributed by atoms with Crippen molar-refractivity contribution in [3.63, 3.8) is 0 Å². The van der Waals surface area contributed by atoms with Crippen molar-refractivity contribution < 1.29 is 24.9 Å². The van der Waals surface area contributed by atoms with Crippen LogP contribution in [0.25, 0.3) is 0 Å². The van der Waals surface area contributed by atoms with Gasteiger partial charge in [-0.15, -0.1) is 0 Å². The highest BCUT2D eigenvalue weighted by Gasteiger charge is 2.39. The van der Waals surface area contributed by atoms with Crippen molar-refractivity contribution in [2.45, 2.75) is 64.7 Å². The van der Waals surface area contributed by atoms with E-state index >= 15 is 0 Å². The molecule has 0 heterocycles. The van der Waals surface area contributed by atoms with Crippen molar-refractivity contribution in [2.75, 3.05) is 0 Å². The summed E-state index contributed by atoms with van der Waals surface area (Å²) in [6.07, 6.45) is 0.459. The number of carboxylic acids is 1. The van der Waals surface area contributed by atoms with Gasteiger partial charge in [0.25, 0.3) is 0 Å². The summed E-state index contributed by atoms with van der Waals surface area (Å²) in [7, 11) is 0. The second-order valence-corrected chi connectivity index (χ2v) is 8.45. The van der Waals surface area contributed by atoms with Crippen LogP contribution >= 0.6 is 0 Å². The van der Waals surface area contributed by atoms with Gasteiger partial charge in [-0.05, 0) is 43.1 Å². The summed E-state index contributed by atoms with van der Waals surface area (Å²) in [5, 5.41) is 33.0. The summed E-state index contributed by atoms with van der Waals surface area (Å²) in [5.74, 6) is -3.20. The Morgan fingerprint density at radius 3 is 2.36 bits per heavy atom. The Balaban J connectivity index is 2.16. The summed E-state index contributed by atoms with van der Waals surface area (Å²) < 4.78 is 0. The van der Waals surface area contributed by atoms with Crippen LogP contribution in [0.5, 0.6) is 0 Å². The van der Waals surface area contributed by atoms with Crippen LogP contribution in [0.2, 0.25) is 0 Å². The molecule has 6 atom stereocenters. The van der Waals surface area contributed by atoms with Crippen molar-refractivity contribution in [3.05, 3.63) is 35.9 Å². The molecule has 0 spiro atoms. The zero-order valence-corrected chi connectivity index (χ0v) is 16.9. The van der Waals surface area contributed by atoms with E-state index in [2.05, 4.69) is 5.32 Å². The molecule has 4 unspecified atom stereocenters. The predicted octanol–water partition coefficient (Wildman–Crippen LogP) is 2.23. The first-order valence-electron chi connectivity index (χ1n) is 10.1. The molecule has 4 N–H and O–H groups in total. The number of rotatable bonds is 8. The van der Waals surface area contributed by atoms with E-state index in [0.717, 1.165) is 5.56 Å². The Kier molecular flexibility index (Phi) is 8.01. The molecule has 0 aliphatic heterocycles. The molecule has 0 radical (unpaired) electrons. The fraction of sp³-hybridized carbons (Fsp3) is 0.636. The van der Waals surface area contributed by atoms with Crippen LogP contribution in [-0.2, 0) is 16.0 Å². The molecule has 0 saturated heterocycles. The van der Waals surface area contributed by atoms with E-state index in [1.807, 2.05) is 51.1 Å². The molecule has 1 aliphatic rings. The summed E-state index contributed by atoms with van der Waals surface area (Å²) in [4.78, 5) is 25.0. The Labute approximate surface area is 167 Å². The number of nitrogens with one attached hydrogen (secondary N) is 1. The number of carboxylic acid groups (broad SMARTS) is 1. The molecular weight excluding hydrogens is 358 g/mol. The molecule has 1 aromatic carbocycles. The Morgan fingerprint density at radius 1 is 1.14 bits per heavy atom. The van der Waals surface area contributed by atoms with Gasteiger partial charge >= 0.3 is 5.97 Å². The van der Waals surface area contributed by atoms with Crippen molar-refractivity contribution in [2.24, 2.45) is 23.7 Å². The average Bonchev–Trinajstić information content (AvgIpc) is 2.62. The average molecular weight is 392 g/mol. The second kappa shape index (κ2) is 10.0. The van der Waals surface area contributed by atoms with Gasteiger partial charge in [-0.25, -0.2) is 0 Å². The van der Waals surface area contributed by atoms with Gasteiger partial charge in [0.15, 0.2) is 0 Å². The quantitative estimate of drug-likeness (QED) is 0.544. The molecule has 6 heteroatoms. The van der Waals surface area contributed by atoms with Crippen molar-refractivity contribution in [3.8, 4) is 0 Å². The predicted molar refractivity (Wildman–Crippen MR) is 107 cm³/mol. The van der Waals surface area contributed by atoms with Gasteiger partial charge in [-0.3, -0.25) is 9.59 Å². The van der Waals surface area contributed by atoms with E-state index in [4.69, 9.17) is 0 Å². The fourth-order valence-corrected chi connectivity index (χ4v) is 4.29. The van der Waals surface area contributed by atoms with Crippen LogP contribution in [0.4, 0.5) is 0 Å². The normalized spacial score (nSPS) is 27.2. The molecule has 0 aromatic heterocycles. The summed E-state index contributed by atoms with van der Waals surface area (Å²) in [6.45, 7) is 5.46. The Hall–Kier alpha value is -1.92. The second-order valence-electron chi connectivity index (χ2n) is 8.45. The van der Waals surface area contributed by atoms with Crippen LogP contribution in [0.3, 0.4) is 0 Å². The number of aryl methyl sites for hydroxylation is 1. The Bertz CT molecular complexity index is 648. The van der Waals surface area contributed by atoms with E-state index < -0.39 is 36.1 Å². The number of hydrogen-bond acceptors (Lipinski definition) is 4. The number of aliphatic hydroxyl groups excluding tert-OH is 2. The summed E-state index contributed by atoms with van der Waals surface area (Å²) in [5.41, 5.74) is 1.05. The first kappa shape index (κ1) is 22.4. The smallest absolute Gasteiger partial charge is 0.307 e. The summed E-state index contributed by atoms with van der Waals surface area (Å²) >= 11 is 0. The van der Waals surface area contributed by atoms with Gasteiger partial charge < -0.3 is 20.6 Å². The van der Waals surface area contributed by atoms with Crippen LogP contribution in [0, 0.1) is 23.7 Å². The Morgan fingerprint density at radius 2 is 1.79 bits per heavy atom. The number of aliphatic carboxylic acids is 1. The molecule has 28 heavy (non-hydrogen) atoms. The minimum absolute atomic E-state index is 0.128. The highest BCUT2D eigenvalue weighted by molar-refractivity contribution is 5.85.